The van der Waals surface area contributed by atoms with Gasteiger partial charge in [-0.3, -0.25) is 9.80 Å². The van der Waals surface area contributed by atoms with Gasteiger partial charge in [-0.25, -0.2) is 0 Å². The molecule has 0 heterocycles. The molecule has 3 nitrogen and oxygen atoms in total. The number of rotatable bonds is 17. The van der Waals surface area contributed by atoms with Crippen LogP contribution in [0.3, 0.4) is 0 Å². The van der Waals surface area contributed by atoms with Gasteiger partial charge in [-0.15, -0.1) is 0 Å². The van der Waals surface area contributed by atoms with Crippen molar-refractivity contribution in [2.45, 2.75) is 92.2 Å². The number of ether oxygens (including phenoxy) is 1. The lowest BCUT2D eigenvalue weighted by Gasteiger charge is -2.35. The quantitative estimate of drug-likeness (QED) is 0.343. The highest BCUT2D eigenvalue weighted by Gasteiger charge is 2.20. The Hall–Kier alpha value is -0.120. The molecule has 0 aliphatic carbocycles. The first-order valence-electron chi connectivity index (χ1n) is 10.3. The lowest BCUT2D eigenvalue weighted by molar-refractivity contribution is -0.0729. The Morgan fingerprint density at radius 3 is 1.48 bits per heavy atom. The fraction of sp³-hybridized carbons (Fsp3) is 1.00. The minimum Gasteiger partial charge on any atom is -0.362 e. The van der Waals surface area contributed by atoms with Crippen LogP contribution in [0.25, 0.3) is 0 Å². The Morgan fingerprint density at radius 2 is 1.09 bits per heavy atom. The molecule has 0 radical (unpaired) electrons. The molecule has 0 saturated heterocycles. The van der Waals surface area contributed by atoms with E-state index in [2.05, 4.69) is 44.4 Å². The van der Waals surface area contributed by atoms with Crippen LogP contribution >= 0.6 is 0 Å². The van der Waals surface area contributed by atoms with Gasteiger partial charge >= 0.3 is 0 Å². The van der Waals surface area contributed by atoms with Crippen LogP contribution in [-0.2, 0) is 4.74 Å². The molecule has 0 aromatic heterocycles. The first-order valence-corrected chi connectivity index (χ1v) is 10.3. The summed E-state index contributed by atoms with van der Waals surface area (Å²) in [4.78, 5) is 5.24. The van der Waals surface area contributed by atoms with Crippen molar-refractivity contribution in [1.29, 1.82) is 0 Å². The van der Waals surface area contributed by atoms with E-state index >= 15 is 0 Å². The van der Waals surface area contributed by atoms with E-state index in [0.29, 0.717) is 0 Å². The summed E-state index contributed by atoms with van der Waals surface area (Å²) >= 11 is 0. The third-order valence-corrected chi connectivity index (χ3v) is 4.43. The number of hydrogen-bond donors (Lipinski definition) is 0. The van der Waals surface area contributed by atoms with E-state index in [-0.39, 0.29) is 6.23 Å². The van der Waals surface area contributed by atoms with E-state index in [0.717, 1.165) is 13.2 Å². The zero-order chi connectivity index (χ0) is 17.3. The Morgan fingerprint density at radius 1 is 0.652 bits per heavy atom. The lowest BCUT2D eigenvalue weighted by atomic mass is 10.2. The molecule has 0 saturated carbocycles. The van der Waals surface area contributed by atoms with Crippen LogP contribution in [0.2, 0.25) is 0 Å². The molecule has 0 N–H and O–H groups in total. The molecular weight excluding hydrogens is 284 g/mol. The first kappa shape index (κ1) is 22.9. The molecule has 0 spiro atoms. The molecular formula is C20H44N2O. The van der Waals surface area contributed by atoms with Crippen molar-refractivity contribution in [2.24, 2.45) is 0 Å². The number of nitrogens with zero attached hydrogens (tertiary/aromatic N) is 2. The molecule has 1 unspecified atom stereocenters. The maximum Gasteiger partial charge on any atom is 0.123 e. The van der Waals surface area contributed by atoms with E-state index in [9.17, 15) is 0 Å². The van der Waals surface area contributed by atoms with Crippen LogP contribution in [0.15, 0.2) is 0 Å². The molecule has 23 heavy (non-hydrogen) atoms. The monoisotopic (exact) mass is 328 g/mol. The maximum absolute atomic E-state index is 6.17. The summed E-state index contributed by atoms with van der Waals surface area (Å²) in [6.45, 7) is 17.9. The highest BCUT2D eigenvalue weighted by atomic mass is 16.5. The van der Waals surface area contributed by atoms with E-state index in [1.165, 1.54) is 77.5 Å². The van der Waals surface area contributed by atoms with Crippen molar-refractivity contribution in [3.8, 4) is 0 Å². The van der Waals surface area contributed by atoms with Crippen LogP contribution in [0.1, 0.15) is 86.0 Å². The summed E-state index contributed by atoms with van der Waals surface area (Å²) in [6, 6.07) is 0. The van der Waals surface area contributed by atoms with Gasteiger partial charge in [0.05, 0.1) is 0 Å². The standard InChI is InChI=1S/C20H44N2O/c1-6-11-15-21(16-12-7-2)19-20(23-10-5)22(17-13-8-3)18-14-9-4/h20H,6-19H2,1-5H3. The lowest BCUT2D eigenvalue weighted by Crippen LogP contribution is -2.47. The van der Waals surface area contributed by atoms with Gasteiger partial charge in [0, 0.05) is 26.2 Å². The second-order valence-corrected chi connectivity index (χ2v) is 6.66. The van der Waals surface area contributed by atoms with Crippen molar-refractivity contribution in [3.63, 3.8) is 0 Å². The molecule has 0 amide bonds. The van der Waals surface area contributed by atoms with E-state index < -0.39 is 0 Å². The van der Waals surface area contributed by atoms with Gasteiger partial charge in [-0.05, 0) is 45.7 Å². The summed E-state index contributed by atoms with van der Waals surface area (Å²) in [7, 11) is 0. The Labute approximate surface area is 146 Å². The minimum absolute atomic E-state index is 0.270. The van der Waals surface area contributed by atoms with Gasteiger partial charge in [0.1, 0.15) is 6.23 Å². The van der Waals surface area contributed by atoms with Gasteiger partial charge in [0.15, 0.2) is 0 Å². The van der Waals surface area contributed by atoms with Crippen LogP contribution in [0, 0.1) is 0 Å². The molecule has 1 atom stereocenters. The van der Waals surface area contributed by atoms with Crippen LogP contribution < -0.4 is 0 Å². The molecule has 0 fully saturated rings. The number of hydrogen-bond acceptors (Lipinski definition) is 3. The SMILES string of the molecule is CCCCN(CCCC)CC(OCC)N(CCCC)CCCC. The largest absolute Gasteiger partial charge is 0.362 e. The van der Waals surface area contributed by atoms with E-state index in [1.807, 2.05) is 0 Å². The van der Waals surface area contributed by atoms with Crippen molar-refractivity contribution in [1.82, 2.24) is 9.80 Å². The van der Waals surface area contributed by atoms with Crippen molar-refractivity contribution in [3.05, 3.63) is 0 Å². The summed E-state index contributed by atoms with van der Waals surface area (Å²) < 4.78 is 6.17. The van der Waals surface area contributed by atoms with Gasteiger partial charge in [-0.2, -0.15) is 0 Å². The fourth-order valence-corrected chi connectivity index (χ4v) is 2.87. The number of unbranched alkanes of at least 4 members (excludes halogenated alkanes) is 4. The average molecular weight is 329 g/mol. The zero-order valence-corrected chi connectivity index (χ0v) is 16.8. The summed E-state index contributed by atoms with van der Waals surface area (Å²) in [6.07, 6.45) is 10.5. The molecule has 0 aromatic carbocycles. The van der Waals surface area contributed by atoms with Crippen molar-refractivity contribution >= 4 is 0 Å². The second-order valence-electron chi connectivity index (χ2n) is 6.66. The third kappa shape index (κ3) is 12.0. The highest BCUT2D eigenvalue weighted by molar-refractivity contribution is 4.70. The van der Waals surface area contributed by atoms with Gasteiger partial charge in [-0.1, -0.05) is 53.4 Å². The Kier molecular flexibility index (Phi) is 16.6. The first-order chi connectivity index (χ1) is 11.2. The third-order valence-electron chi connectivity index (χ3n) is 4.43. The van der Waals surface area contributed by atoms with Crippen molar-refractivity contribution < 1.29 is 4.74 Å². The van der Waals surface area contributed by atoms with E-state index in [1.54, 1.807) is 0 Å². The molecule has 0 aromatic rings. The molecule has 0 aliphatic heterocycles. The average Bonchev–Trinajstić information content (AvgIpc) is 2.57. The van der Waals surface area contributed by atoms with E-state index in [4.69, 9.17) is 4.74 Å². The topological polar surface area (TPSA) is 15.7 Å². The predicted molar refractivity (Wildman–Crippen MR) is 103 cm³/mol. The second kappa shape index (κ2) is 16.7. The molecule has 3 heteroatoms. The predicted octanol–water partition coefficient (Wildman–Crippen LogP) is 5.15. The summed E-state index contributed by atoms with van der Waals surface area (Å²) in [5.74, 6) is 0. The fourth-order valence-electron chi connectivity index (χ4n) is 2.87. The van der Waals surface area contributed by atoms with Gasteiger partial charge in [0.25, 0.3) is 0 Å². The molecule has 140 valence electrons. The molecule has 0 rings (SSSR count). The smallest absolute Gasteiger partial charge is 0.123 e. The molecule has 0 aliphatic rings. The summed E-state index contributed by atoms with van der Waals surface area (Å²) in [5.41, 5.74) is 0. The van der Waals surface area contributed by atoms with Crippen LogP contribution in [0.4, 0.5) is 0 Å². The van der Waals surface area contributed by atoms with Gasteiger partial charge < -0.3 is 4.74 Å². The minimum atomic E-state index is 0.270. The van der Waals surface area contributed by atoms with Crippen molar-refractivity contribution in [2.75, 3.05) is 39.3 Å². The Bertz CT molecular complexity index is 220. The summed E-state index contributed by atoms with van der Waals surface area (Å²) in [5, 5.41) is 0. The normalized spacial score (nSPS) is 13.2. The van der Waals surface area contributed by atoms with Gasteiger partial charge in [0.2, 0.25) is 0 Å². The molecule has 0 bridgehead atoms. The van der Waals surface area contributed by atoms with Crippen LogP contribution in [0.5, 0.6) is 0 Å². The zero-order valence-electron chi connectivity index (χ0n) is 16.8. The Balaban J connectivity index is 4.73. The van der Waals surface area contributed by atoms with Crippen LogP contribution in [-0.4, -0.2) is 55.4 Å². The highest BCUT2D eigenvalue weighted by Crippen LogP contribution is 2.11. The maximum atomic E-state index is 6.17.